The summed E-state index contributed by atoms with van der Waals surface area (Å²) in [5, 5.41) is 0. The van der Waals surface area contributed by atoms with Gasteiger partial charge in [0.05, 0.1) is 12.5 Å². The molecule has 212 valence electrons. The van der Waals surface area contributed by atoms with Crippen molar-refractivity contribution in [2.24, 2.45) is 44.3 Å². The Morgan fingerprint density at radius 1 is 0.842 bits per heavy atom. The molecule has 0 aliphatic heterocycles. The number of allylic oxidation sites excluding steroid dienone is 2. The smallest absolute Gasteiger partial charge is 0.311 e. The van der Waals surface area contributed by atoms with Gasteiger partial charge < -0.3 is 9.47 Å². The molecule has 5 heteroatoms. The minimum Gasteiger partial charge on any atom is -0.469 e. The van der Waals surface area contributed by atoms with E-state index in [-0.39, 0.29) is 51.0 Å². The largest absolute Gasteiger partial charge is 0.469 e. The van der Waals surface area contributed by atoms with Gasteiger partial charge in [-0.05, 0) is 92.3 Å². The van der Waals surface area contributed by atoms with E-state index in [9.17, 15) is 14.4 Å². The van der Waals surface area contributed by atoms with Crippen LogP contribution in [0.15, 0.2) is 11.1 Å². The van der Waals surface area contributed by atoms with Crippen LogP contribution in [0.1, 0.15) is 120 Å². The summed E-state index contributed by atoms with van der Waals surface area (Å²) in [6, 6.07) is 0. The lowest BCUT2D eigenvalue weighted by molar-refractivity contribution is -0.211. The topological polar surface area (TPSA) is 69.7 Å². The maximum Gasteiger partial charge on any atom is 0.311 e. The zero-order valence-electron chi connectivity index (χ0n) is 25.3. The number of ether oxygens (including phenoxy) is 2. The first-order valence-corrected chi connectivity index (χ1v) is 15.0. The van der Waals surface area contributed by atoms with Gasteiger partial charge in [0.2, 0.25) is 0 Å². The normalized spacial score (nSPS) is 47.7. The van der Waals surface area contributed by atoms with Crippen LogP contribution in [0.2, 0.25) is 0 Å². The quantitative estimate of drug-likeness (QED) is 0.281. The highest BCUT2D eigenvalue weighted by atomic mass is 16.5. The standard InChI is InChI=1S/C33H50O5/c1-20(34)38-25-11-12-31(6)24(28(25,2)3)10-13-33(8)26(31)23(35)18-21-22-19-30(5,27(36)37-9)15-14-29(22,4)16-17-32(21,33)7/h24-26H,10-19H2,1-9H3/t24-,25-,26+,29+,30-,31-,32+,33+/m0/s1. The highest BCUT2D eigenvalue weighted by molar-refractivity contribution is 5.88. The Balaban J connectivity index is 1.58. The molecule has 0 spiro atoms. The number of Topliss-reactive ketones (excluding diaryl/α,β-unsaturated/α-hetero) is 1. The Labute approximate surface area is 229 Å². The van der Waals surface area contributed by atoms with Crippen LogP contribution < -0.4 is 0 Å². The van der Waals surface area contributed by atoms with Gasteiger partial charge in [0.1, 0.15) is 11.9 Å². The van der Waals surface area contributed by atoms with E-state index in [1.54, 1.807) is 0 Å². The fourth-order valence-electron chi connectivity index (χ4n) is 10.9. The average molecular weight is 527 g/mol. The van der Waals surface area contributed by atoms with Gasteiger partial charge in [0, 0.05) is 24.7 Å². The summed E-state index contributed by atoms with van der Waals surface area (Å²) >= 11 is 0. The molecule has 5 aliphatic rings. The SMILES string of the molecule is COC(=O)[C@@]1(C)CC[C@]2(C)CC[C@]3(C)C(=C2C1)CC(=O)[C@@H]1[C@@]2(C)CC[C@H](OC(C)=O)C(C)(C)[C@@H]2CC[C@]13C. The maximum absolute atomic E-state index is 14.5. The summed E-state index contributed by atoms with van der Waals surface area (Å²) in [4.78, 5) is 39.3. The lowest BCUT2D eigenvalue weighted by Crippen LogP contribution is -2.66. The van der Waals surface area contributed by atoms with Crippen LogP contribution in [-0.4, -0.2) is 30.9 Å². The molecule has 0 amide bonds. The van der Waals surface area contributed by atoms with Gasteiger partial charge in [-0.3, -0.25) is 14.4 Å². The molecular weight excluding hydrogens is 476 g/mol. The monoisotopic (exact) mass is 526 g/mol. The van der Waals surface area contributed by atoms with Crippen molar-refractivity contribution in [2.75, 3.05) is 7.11 Å². The molecule has 0 heterocycles. The van der Waals surface area contributed by atoms with E-state index < -0.39 is 5.41 Å². The second-order valence-corrected chi connectivity index (χ2v) is 15.6. The van der Waals surface area contributed by atoms with Crippen molar-refractivity contribution < 1.29 is 23.9 Å². The molecule has 4 fully saturated rings. The van der Waals surface area contributed by atoms with E-state index in [0.29, 0.717) is 24.5 Å². The number of hydrogen-bond acceptors (Lipinski definition) is 5. The van der Waals surface area contributed by atoms with Gasteiger partial charge in [0.25, 0.3) is 0 Å². The number of methoxy groups -OCH3 is 1. The van der Waals surface area contributed by atoms with Crippen molar-refractivity contribution in [2.45, 2.75) is 126 Å². The van der Waals surface area contributed by atoms with Crippen molar-refractivity contribution in [3.05, 3.63) is 11.1 Å². The summed E-state index contributed by atoms with van der Waals surface area (Å²) in [7, 11) is 1.50. The Morgan fingerprint density at radius 3 is 2.13 bits per heavy atom. The fraction of sp³-hybridized carbons (Fsp3) is 0.848. The molecule has 5 nitrogen and oxygen atoms in total. The molecule has 38 heavy (non-hydrogen) atoms. The molecule has 0 unspecified atom stereocenters. The third-order valence-electron chi connectivity index (χ3n) is 13.4. The van der Waals surface area contributed by atoms with Crippen LogP contribution in [0.3, 0.4) is 0 Å². The number of esters is 2. The molecule has 0 aromatic heterocycles. The number of hydrogen-bond donors (Lipinski definition) is 0. The Morgan fingerprint density at radius 2 is 1.50 bits per heavy atom. The van der Waals surface area contributed by atoms with E-state index in [4.69, 9.17) is 9.47 Å². The third-order valence-corrected chi connectivity index (χ3v) is 13.4. The lowest BCUT2D eigenvalue weighted by Gasteiger charge is -2.70. The van der Waals surface area contributed by atoms with Gasteiger partial charge in [-0.1, -0.05) is 52.7 Å². The molecule has 0 saturated heterocycles. The van der Waals surface area contributed by atoms with Crippen molar-refractivity contribution in [3.63, 3.8) is 0 Å². The summed E-state index contributed by atoms with van der Waals surface area (Å²) in [5.41, 5.74) is 1.84. The highest BCUT2D eigenvalue weighted by Crippen LogP contribution is 2.75. The van der Waals surface area contributed by atoms with Crippen LogP contribution in [-0.2, 0) is 23.9 Å². The van der Waals surface area contributed by atoms with E-state index in [0.717, 1.165) is 51.4 Å². The van der Waals surface area contributed by atoms with E-state index in [1.807, 2.05) is 0 Å². The summed E-state index contributed by atoms with van der Waals surface area (Å²) in [5.74, 6) is 0.406. The predicted molar refractivity (Wildman–Crippen MR) is 147 cm³/mol. The molecule has 0 radical (unpaired) electrons. The predicted octanol–water partition coefficient (Wildman–Crippen LogP) is 7.22. The molecule has 4 saturated carbocycles. The maximum atomic E-state index is 14.5. The Kier molecular flexibility index (Phi) is 6.19. The molecule has 0 aromatic carbocycles. The number of fused-ring (bicyclic) bond motifs is 6. The van der Waals surface area contributed by atoms with Crippen LogP contribution >= 0.6 is 0 Å². The first kappa shape index (κ1) is 27.9. The van der Waals surface area contributed by atoms with Crippen molar-refractivity contribution in [1.82, 2.24) is 0 Å². The summed E-state index contributed by atoms with van der Waals surface area (Å²) in [6.07, 6.45) is 9.00. The van der Waals surface area contributed by atoms with Crippen LogP contribution in [0.4, 0.5) is 0 Å². The van der Waals surface area contributed by atoms with Crippen LogP contribution in [0.25, 0.3) is 0 Å². The number of ketones is 1. The first-order chi connectivity index (χ1) is 17.5. The third kappa shape index (κ3) is 3.51. The Bertz CT molecular complexity index is 1100. The summed E-state index contributed by atoms with van der Waals surface area (Å²) in [6.45, 7) is 17.7. The molecule has 8 atom stereocenters. The minimum absolute atomic E-state index is 0.000547. The van der Waals surface area contributed by atoms with Gasteiger partial charge in [-0.25, -0.2) is 0 Å². The molecule has 0 N–H and O–H groups in total. The molecule has 5 rings (SSSR count). The van der Waals surface area contributed by atoms with Gasteiger partial charge in [0.15, 0.2) is 0 Å². The zero-order chi connectivity index (χ0) is 28.1. The number of carbonyl (C=O) groups excluding carboxylic acids is 3. The lowest BCUT2D eigenvalue weighted by atomic mass is 9.34. The fourth-order valence-corrected chi connectivity index (χ4v) is 10.9. The molecule has 0 aromatic rings. The van der Waals surface area contributed by atoms with Gasteiger partial charge in [-0.2, -0.15) is 0 Å². The van der Waals surface area contributed by atoms with Crippen LogP contribution in [0, 0.1) is 44.3 Å². The van der Waals surface area contributed by atoms with Crippen molar-refractivity contribution in [1.29, 1.82) is 0 Å². The Hall–Kier alpha value is -1.65. The molecular formula is C33H50O5. The van der Waals surface area contributed by atoms with E-state index in [1.165, 1.54) is 25.2 Å². The second kappa shape index (κ2) is 8.43. The van der Waals surface area contributed by atoms with Crippen molar-refractivity contribution >= 4 is 17.7 Å². The zero-order valence-corrected chi connectivity index (χ0v) is 25.3. The molecule has 5 aliphatic carbocycles. The summed E-state index contributed by atoms with van der Waals surface area (Å²) < 4.78 is 11.1. The second-order valence-electron chi connectivity index (χ2n) is 15.6. The van der Waals surface area contributed by atoms with E-state index in [2.05, 4.69) is 48.5 Å². The average Bonchev–Trinajstić information content (AvgIpc) is 2.82. The molecule has 0 bridgehead atoms. The van der Waals surface area contributed by atoms with Gasteiger partial charge in [-0.15, -0.1) is 0 Å². The van der Waals surface area contributed by atoms with E-state index >= 15 is 0 Å². The number of carbonyl (C=O) groups is 3. The van der Waals surface area contributed by atoms with Crippen LogP contribution in [0.5, 0.6) is 0 Å². The van der Waals surface area contributed by atoms with Crippen molar-refractivity contribution in [3.8, 4) is 0 Å². The highest BCUT2D eigenvalue weighted by Gasteiger charge is 2.70. The minimum atomic E-state index is -0.515. The first-order valence-electron chi connectivity index (χ1n) is 15.0. The van der Waals surface area contributed by atoms with Gasteiger partial charge >= 0.3 is 11.9 Å². The number of rotatable bonds is 2.